The predicted molar refractivity (Wildman–Crippen MR) is 240 cm³/mol. The highest BCUT2D eigenvalue weighted by Gasteiger charge is 2.51. The summed E-state index contributed by atoms with van der Waals surface area (Å²) in [5, 5.41) is 50.2. The number of phosphoric acid groups is 1. The van der Waals surface area contributed by atoms with Crippen LogP contribution < -0.4 is 0 Å². The van der Waals surface area contributed by atoms with Crippen LogP contribution in [0.4, 0.5) is 0 Å². The van der Waals surface area contributed by atoms with Gasteiger partial charge < -0.3 is 39.9 Å². The first-order chi connectivity index (χ1) is 29.4. The molecule has 358 valence electrons. The molecule has 0 heterocycles. The van der Waals surface area contributed by atoms with Gasteiger partial charge in [-0.15, -0.1) is 0 Å². The maximum Gasteiger partial charge on any atom is 0.472 e. The zero-order chi connectivity index (χ0) is 45.0. The van der Waals surface area contributed by atoms with Crippen LogP contribution in [-0.4, -0.2) is 98.3 Å². The number of aliphatic hydroxyl groups excluding tert-OH is 5. The van der Waals surface area contributed by atoms with Crippen LogP contribution in [0.25, 0.3) is 0 Å². The largest absolute Gasteiger partial charge is 0.472 e. The molecule has 8 atom stereocenters. The third kappa shape index (κ3) is 30.2. The number of carbonyl (C=O) groups excluding carboxylic acids is 2. The zero-order valence-electron chi connectivity index (χ0n) is 38.0. The molecule has 14 heteroatoms. The van der Waals surface area contributed by atoms with Crippen molar-refractivity contribution < 1.29 is 63.1 Å². The van der Waals surface area contributed by atoms with E-state index in [4.69, 9.17) is 18.5 Å². The Bertz CT molecular complexity index is 1170. The summed E-state index contributed by atoms with van der Waals surface area (Å²) in [6.45, 7) is 3.29. The van der Waals surface area contributed by atoms with Gasteiger partial charge in [-0.05, 0) is 64.2 Å². The Labute approximate surface area is 368 Å². The molecule has 6 N–H and O–H groups in total. The van der Waals surface area contributed by atoms with E-state index in [0.717, 1.165) is 57.8 Å². The number of rotatable bonds is 40. The molecule has 1 saturated carbocycles. The highest BCUT2D eigenvalue weighted by Crippen LogP contribution is 2.47. The van der Waals surface area contributed by atoms with Crippen LogP contribution in [0.15, 0.2) is 24.3 Å². The lowest BCUT2D eigenvalue weighted by Gasteiger charge is -2.41. The fourth-order valence-corrected chi connectivity index (χ4v) is 8.31. The number of allylic oxidation sites excluding steroid dienone is 4. The Balaban J connectivity index is 2.45. The fraction of sp³-hybridized carbons (Fsp3) is 0.872. The molecule has 1 fully saturated rings. The Morgan fingerprint density at radius 1 is 0.492 bits per heavy atom. The lowest BCUT2D eigenvalue weighted by Crippen LogP contribution is -2.64. The second-order valence-corrected chi connectivity index (χ2v) is 18.4. The molecule has 6 unspecified atom stereocenters. The normalized spacial score (nSPS) is 22.2. The van der Waals surface area contributed by atoms with Gasteiger partial charge in [0.1, 0.15) is 43.2 Å². The summed E-state index contributed by atoms with van der Waals surface area (Å²) >= 11 is 0. The Kier molecular flexibility index (Phi) is 35.4. The van der Waals surface area contributed by atoms with Gasteiger partial charge in [0.25, 0.3) is 0 Å². The van der Waals surface area contributed by atoms with Crippen LogP contribution in [0.2, 0.25) is 0 Å². The van der Waals surface area contributed by atoms with Crippen molar-refractivity contribution in [3.05, 3.63) is 24.3 Å². The molecule has 0 aromatic rings. The highest BCUT2D eigenvalue weighted by molar-refractivity contribution is 7.47. The average molecular weight is 891 g/mol. The third-order valence-electron chi connectivity index (χ3n) is 11.3. The summed E-state index contributed by atoms with van der Waals surface area (Å²) < 4.78 is 33.5. The van der Waals surface area contributed by atoms with E-state index in [1.54, 1.807) is 0 Å². The lowest BCUT2D eigenvalue weighted by molar-refractivity contribution is -0.220. The molecule has 0 bridgehead atoms. The Morgan fingerprint density at radius 3 is 1.26 bits per heavy atom. The molecule has 0 aromatic heterocycles. The second-order valence-electron chi connectivity index (χ2n) is 17.0. The third-order valence-corrected chi connectivity index (χ3v) is 12.3. The van der Waals surface area contributed by atoms with E-state index in [0.29, 0.717) is 12.8 Å². The number of aliphatic hydroxyl groups is 5. The summed E-state index contributed by atoms with van der Waals surface area (Å²) in [5.74, 6) is -1.12. The number of phosphoric ester groups is 1. The molecule has 13 nitrogen and oxygen atoms in total. The van der Waals surface area contributed by atoms with Crippen LogP contribution in [0.5, 0.6) is 0 Å². The zero-order valence-corrected chi connectivity index (χ0v) is 38.9. The van der Waals surface area contributed by atoms with Crippen molar-refractivity contribution in [1.29, 1.82) is 0 Å². The van der Waals surface area contributed by atoms with Gasteiger partial charge >= 0.3 is 19.8 Å². The average Bonchev–Trinajstić information content (AvgIpc) is 3.24. The molecular formula is C47H87O13P. The van der Waals surface area contributed by atoms with E-state index >= 15 is 0 Å². The standard InChI is InChI=1S/C47H87O13P/c1-3-5-7-9-11-13-15-17-19-20-22-24-26-28-30-32-34-36-41(49)59-39(38-58-61(55,56)60-47-45(53)43(51)42(50)44(52)46(47)54)37-57-40(48)35-33-31-29-27-25-23-21-18-16-14-12-10-8-6-4-2/h17,19,23,25,39,42-47,50-54H,3-16,18,20-22,24,26-38H2,1-2H3,(H,55,56)/b19-17+,25-23+/t39-,42?,43+,44?,45?,46?,47?/m1/s1. The lowest BCUT2D eigenvalue weighted by atomic mass is 9.85. The molecule has 0 radical (unpaired) electrons. The number of esters is 2. The summed E-state index contributed by atoms with van der Waals surface area (Å²) in [5.41, 5.74) is 0. The number of hydrogen-bond donors (Lipinski definition) is 6. The van der Waals surface area contributed by atoms with Crippen molar-refractivity contribution in [3.63, 3.8) is 0 Å². The fourth-order valence-electron chi connectivity index (χ4n) is 7.34. The second kappa shape index (κ2) is 37.7. The van der Waals surface area contributed by atoms with E-state index in [1.165, 1.54) is 109 Å². The summed E-state index contributed by atoms with van der Waals surface area (Å²) in [6, 6.07) is 0. The van der Waals surface area contributed by atoms with Gasteiger partial charge in [0.15, 0.2) is 6.10 Å². The van der Waals surface area contributed by atoms with Gasteiger partial charge in [-0.25, -0.2) is 4.57 Å². The van der Waals surface area contributed by atoms with Gasteiger partial charge in [0.2, 0.25) is 0 Å². The van der Waals surface area contributed by atoms with Gasteiger partial charge in [0, 0.05) is 12.8 Å². The van der Waals surface area contributed by atoms with E-state index in [1.807, 2.05) is 0 Å². The first-order valence-corrected chi connectivity index (χ1v) is 25.6. The quantitative estimate of drug-likeness (QED) is 0.0147. The van der Waals surface area contributed by atoms with Crippen LogP contribution in [0.1, 0.15) is 206 Å². The molecule has 0 spiro atoms. The van der Waals surface area contributed by atoms with Gasteiger partial charge in [-0.3, -0.25) is 18.6 Å². The number of ether oxygens (including phenoxy) is 2. The molecule has 1 aliphatic rings. The molecule has 0 saturated heterocycles. The molecule has 0 aromatic carbocycles. The van der Waals surface area contributed by atoms with E-state index in [2.05, 4.69) is 38.2 Å². The smallest absolute Gasteiger partial charge is 0.462 e. The van der Waals surface area contributed by atoms with Gasteiger partial charge in [0.05, 0.1) is 6.61 Å². The molecule has 61 heavy (non-hydrogen) atoms. The van der Waals surface area contributed by atoms with E-state index in [9.17, 15) is 44.6 Å². The monoisotopic (exact) mass is 891 g/mol. The van der Waals surface area contributed by atoms with Crippen LogP contribution >= 0.6 is 7.82 Å². The highest BCUT2D eigenvalue weighted by atomic mass is 31.2. The Morgan fingerprint density at radius 2 is 0.836 bits per heavy atom. The van der Waals surface area contributed by atoms with Crippen molar-refractivity contribution >= 4 is 19.8 Å². The number of unbranched alkanes of at least 4 members (excludes halogenated alkanes) is 24. The van der Waals surface area contributed by atoms with Gasteiger partial charge in [-0.2, -0.15) is 0 Å². The summed E-state index contributed by atoms with van der Waals surface area (Å²) in [6.07, 6.45) is 28.0. The number of hydrogen-bond acceptors (Lipinski definition) is 12. The van der Waals surface area contributed by atoms with Crippen molar-refractivity contribution in [2.75, 3.05) is 13.2 Å². The van der Waals surface area contributed by atoms with Crippen molar-refractivity contribution in [2.45, 2.75) is 249 Å². The van der Waals surface area contributed by atoms with E-state index < -0.39 is 75.7 Å². The van der Waals surface area contributed by atoms with Crippen molar-refractivity contribution in [3.8, 4) is 0 Å². The SMILES string of the molecule is CCCCCCCC/C=C/CCCCCCCCCC(=O)O[C@H](COC(=O)CCCCC/C=C/CCCCCCCCCC)COP(=O)(O)OC1C(O)C(O)C(O)[C@H](O)C1O. The Hall–Kier alpha value is -1.67. The molecule has 1 rings (SSSR count). The maximum atomic E-state index is 12.8. The minimum Gasteiger partial charge on any atom is -0.462 e. The maximum absolute atomic E-state index is 12.8. The topological polar surface area (TPSA) is 210 Å². The van der Waals surface area contributed by atoms with Crippen molar-refractivity contribution in [2.24, 2.45) is 0 Å². The minimum absolute atomic E-state index is 0.0905. The first-order valence-electron chi connectivity index (χ1n) is 24.1. The predicted octanol–water partition coefficient (Wildman–Crippen LogP) is 9.62. The van der Waals surface area contributed by atoms with E-state index in [-0.39, 0.29) is 12.8 Å². The summed E-state index contributed by atoms with van der Waals surface area (Å²) in [7, 11) is -5.12. The van der Waals surface area contributed by atoms with Crippen LogP contribution in [0, 0.1) is 0 Å². The van der Waals surface area contributed by atoms with Crippen molar-refractivity contribution in [1.82, 2.24) is 0 Å². The molecule has 1 aliphatic carbocycles. The van der Waals surface area contributed by atoms with Crippen LogP contribution in [0.3, 0.4) is 0 Å². The summed E-state index contributed by atoms with van der Waals surface area (Å²) in [4.78, 5) is 35.7. The van der Waals surface area contributed by atoms with Gasteiger partial charge in [-0.1, -0.05) is 154 Å². The first kappa shape index (κ1) is 57.3. The minimum atomic E-state index is -5.12. The number of carbonyl (C=O) groups is 2. The van der Waals surface area contributed by atoms with Crippen LogP contribution in [-0.2, 0) is 32.7 Å². The molecule has 0 aliphatic heterocycles. The molecular weight excluding hydrogens is 803 g/mol. The molecule has 0 amide bonds.